The van der Waals surface area contributed by atoms with Crippen LogP contribution >= 0.6 is 0 Å². The molecular weight excluding hydrogens is 547 g/mol. The third kappa shape index (κ3) is 14.3. The van der Waals surface area contributed by atoms with Crippen molar-refractivity contribution in [1.29, 1.82) is 0 Å². The Morgan fingerprint density at radius 2 is 1.86 bits per heavy atom. The highest BCUT2D eigenvalue weighted by molar-refractivity contribution is 5.78. The molecule has 8 nitrogen and oxygen atoms in total. The molecule has 2 aromatic rings. The normalized spacial score (nSPS) is 12.8. The van der Waals surface area contributed by atoms with Gasteiger partial charge in [-0.05, 0) is 82.8 Å². The van der Waals surface area contributed by atoms with Gasteiger partial charge < -0.3 is 19.9 Å². The number of nitrogens with one attached hydrogen (secondary N) is 1. The highest BCUT2D eigenvalue weighted by atomic mass is 19.4. The molecule has 0 atom stereocenters. The number of hydrogen-bond donors (Lipinski definition) is 1. The Morgan fingerprint density at radius 3 is 2.33 bits per heavy atom. The number of ether oxygens (including phenoxy) is 1. The van der Waals surface area contributed by atoms with E-state index in [0.29, 0.717) is 30.2 Å². The Labute approximate surface area is 248 Å². The molecule has 0 aliphatic heterocycles. The quantitative estimate of drug-likeness (QED) is 0.227. The molecular formula is C31H46F3N5O3. The second-order valence-corrected chi connectivity index (χ2v) is 9.88. The second-order valence-electron chi connectivity index (χ2n) is 9.88. The van der Waals surface area contributed by atoms with Crippen molar-refractivity contribution in [2.45, 2.75) is 59.6 Å². The van der Waals surface area contributed by atoms with Crippen LogP contribution in [-0.2, 0) is 15.8 Å². The van der Waals surface area contributed by atoms with Gasteiger partial charge in [-0.25, -0.2) is 4.68 Å². The number of methoxy groups -OCH3 is 1. The molecule has 1 aliphatic rings. The van der Waals surface area contributed by atoms with Crippen molar-refractivity contribution < 1.29 is 27.5 Å². The molecule has 2 amide bonds. The molecule has 0 saturated heterocycles. The summed E-state index contributed by atoms with van der Waals surface area (Å²) < 4.78 is 43.8. The fourth-order valence-electron chi connectivity index (χ4n) is 3.50. The first-order valence-corrected chi connectivity index (χ1v) is 14.2. The summed E-state index contributed by atoms with van der Waals surface area (Å²) in [5.41, 5.74) is 0.0899. The monoisotopic (exact) mass is 593 g/mol. The van der Waals surface area contributed by atoms with Gasteiger partial charge in [-0.1, -0.05) is 31.6 Å². The Bertz CT molecular complexity index is 1110. The van der Waals surface area contributed by atoms with Crippen LogP contribution in [-0.4, -0.2) is 72.2 Å². The van der Waals surface area contributed by atoms with Gasteiger partial charge >= 0.3 is 6.18 Å². The zero-order chi connectivity index (χ0) is 31.5. The lowest BCUT2D eigenvalue weighted by atomic mass is 10.3. The largest absolute Gasteiger partial charge is 0.497 e. The number of likely N-dealkylation sites (N-methyl/N-ethyl adjacent to an activating group) is 1. The van der Waals surface area contributed by atoms with Crippen molar-refractivity contribution >= 4 is 12.3 Å². The first kappa shape index (κ1) is 36.4. The first-order valence-electron chi connectivity index (χ1n) is 14.2. The number of nitrogens with zero attached hydrogens (tertiary/aromatic N) is 4. The van der Waals surface area contributed by atoms with Crippen LogP contribution < -0.4 is 10.1 Å². The van der Waals surface area contributed by atoms with Crippen molar-refractivity contribution in [1.82, 2.24) is 24.9 Å². The molecule has 1 N–H and O–H groups in total. The van der Waals surface area contributed by atoms with Crippen molar-refractivity contribution in [3.8, 4) is 11.4 Å². The van der Waals surface area contributed by atoms with E-state index in [1.54, 1.807) is 47.2 Å². The molecule has 0 radical (unpaired) electrons. The average molecular weight is 594 g/mol. The van der Waals surface area contributed by atoms with Crippen LogP contribution in [0.15, 0.2) is 54.8 Å². The number of halogens is 3. The van der Waals surface area contributed by atoms with E-state index in [4.69, 9.17) is 4.74 Å². The van der Waals surface area contributed by atoms with Crippen molar-refractivity contribution in [3.63, 3.8) is 0 Å². The molecule has 11 heteroatoms. The van der Waals surface area contributed by atoms with Crippen molar-refractivity contribution in [2.75, 3.05) is 40.3 Å². The maximum atomic E-state index is 12.5. The van der Waals surface area contributed by atoms with Gasteiger partial charge in [0.05, 0.1) is 19.3 Å². The van der Waals surface area contributed by atoms with Gasteiger partial charge in [-0.15, -0.1) is 0 Å². The summed E-state index contributed by atoms with van der Waals surface area (Å²) in [6.07, 6.45) is 8.89. The lowest BCUT2D eigenvalue weighted by molar-refractivity contribution is -0.141. The summed E-state index contributed by atoms with van der Waals surface area (Å²) in [6, 6.07) is 7.66. The topological polar surface area (TPSA) is 79.7 Å². The number of allylic oxidation sites excluding steroid dienone is 2. The highest BCUT2D eigenvalue weighted by Crippen LogP contribution is 2.29. The second kappa shape index (κ2) is 19.5. The van der Waals surface area contributed by atoms with E-state index < -0.39 is 11.9 Å². The average Bonchev–Trinajstić information content (AvgIpc) is 3.72. The number of alkyl halides is 3. The SMILES string of the molecule is C/C=C/N(C=O)CCCC.C/C=C\CN(C)C(=O)CNCC1CC1.COc1ccc(-n2nc(C(F)(F)F)cc2C)cc1. The molecule has 1 heterocycles. The number of unbranched alkanes of at least 4 members (excludes halogenated alkanes) is 1. The molecule has 0 spiro atoms. The Balaban J connectivity index is 0.000000330. The number of aryl methyl sites for hydroxylation is 1. The number of carbonyl (C=O) groups excluding carboxylic acids is 2. The smallest absolute Gasteiger partial charge is 0.435 e. The zero-order valence-corrected chi connectivity index (χ0v) is 25.7. The summed E-state index contributed by atoms with van der Waals surface area (Å²) in [7, 11) is 3.36. The van der Waals surface area contributed by atoms with E-state index in [1.807, 2.05) is 39.1 Å². The van der Waals surface area contributed by atoms with Crippen LogP contribution in [0.3, 0.4) is 0 Å². The summed E-state index contributed by atoms with van der Waals surface area (Å²) >= 11 is 0. The summed E-state index contributed by atoms with van der Waals surface area (Å²) in [5.74, 6) is 1.65. The van der Waals surface area contributed by atoms with Crippen LogP contribution in [0.5, 0.6) is 5.75 Å². The fraction of sp³-hybridized carbons (Fsp3) is 0.516. The van der Waals surface area contributed by atoms with E-state index in [0.717, 1.165) is 44.3 Å². The minimum absolute atomic E-state index is 0.170. The lowest BCUT2D eigenvalue weighted by Crippen LogP contribution is -2.36. The fourth-order valence-corrected chi connectivity index (χ4v) is 3.50. The standard InChI is InChI=1S/C12H11F3N2O.C11H20N2O.C8H15NO/c1-8-7-11(12(13,14)15)16-17(8)9-3-5-10(18-2)6-4-9;1-3-4-7-13(2)11(14)9-12-8-10-5-6-10;1-3-5-7-9(8-10)6-4-2/h3-7H,1-2H3;3-4,10,12H,5-9H2,1-2H3;4,6,8H,3,5,7H2,1-2H3/b;4-3-;6-4+. The van der Waals surface area contributed by atoms with E-state index in [2.05, 4.69) is 17.3 Å². The van der Waals surface area contributed by atoms with Crippen LogP contribution in [0, 0.1) is 12.8 Å². The maximum Gasteiger partial charge on any atom is 0.435 e. The van der Waals surface area contributed by atoms with E-state index >= 15 is 0 Å². The number of rotatable bonds is 13. The predicted octanol–water partition coefficient (Wildman–Crippen LogP) is 6.01. The van der Waals surface area contributed by atoms with E-state index in [-0.39, 0.29) is 5.91 Å². The van der Waals surface area contributed by atoms with Gasteiger partial charge in [0.15, 0.2) is 5.69 Å². The summed E-state index contributed by atoms with van der Waals surface area (Å²) in [5, 5.41) is 6.75. The number of carbonyl (C=O) groups is 2. The predicted molar refractivity (Wildman–Crippen MR) is 160 cm³/mol. The maximum absolute atomic E-state index is 12.5. The number of amides is 2. The molecule has 1 fully saturated rings. The minimum atomic E-state index is -4.43. The van der Waals surface area contributed by atoms with Gasteiger partial charge in [0.2, 0.25) is 12.3 Å². The number of hydrogen-bond acceptors (Lipinski definition) is 5. The van der Waals surface area contributed by atoms with E-state index in [1.165, 1.54) is 24.6 Å². The molecule has 0 unspecified atom stereocenters. The van der Waals surface area contributed by atoms with Gasteiger partial charge in [0, 0.05) is 32.0 Å². The minimum Gasteiger partial charge on any atom is -0.497 e. The summed E-state index contributed by atoms with van der Waals surface area (Å²) in [6.45, 7) is 10.6. The van der Waals surface area contributed by atoms with Gasteiger partial charge in [0.25, 0.3) is 0 Å². The van der Waals surface area contributed by atoms with Crippen molar-refractivity contribution in [2.24, 2.45) is 5.92 Å². The number of benzene rings is 1. The highest BCUT2D eigenvalue weighted by Gasteiger charge is 2.34. The molecule has 0 bridgehead atoms. The Hall–Kier alpha value is -3.60. The molecule has 3 rings (SSSR count). The Kier molecular flexibility index (Phi) is 16.9. The first-order chi connectivity index (χ1) is 20.0. The number of aromatic nitrogens is 2. The third-order valence-electron chi connectivity index (χ3n) is 6.19. The molecule has 234 valence electrons. The van der Waals surface area contributed by atoms with Crippen LogP contribution in [0.2, 0.25) is 0 Å². The molecule has 1 saturated carbocycles. The van der Waals surface area contributed by atoms with Crippen LogP contribution in [0.25, 0.3) is 5.69 Å². The summed E-state index contributed by atoms with van der Waals surface area (Å²) in [4.78, 5) is 25.1. The third-order valence-corrected chi connectivity index (χ3v) is 6.19. The molecule has 1 aromatic carbocycles. The zero-order valence-electron chi connectivity index (χ0n) is 25.7. The lowest BCUT2D eigenvalue weighted by Gasteiger charge is -2.15. The van der Waals surface area contributed by atoms with Gasteiger partial charge in [0.1, 0.15) is 5.75 Å². The van der Waals surface area contributed by atoms with E-state index in [9.17, 15) is 22.8 Å². The van der Waals surface area contributed by atoms with Crippen molar-refractivity contribution in [3.05, 3.63) is 66.1 Å². The van der Waals surface area contributed by atoms with Gasteiger partial charge in [-0.3, -0.25) is 9.59 Å². The molecule has 1 aromatic heterocycles. The molecule has 42 heavy (non-hydrogen) atoms. The van der Waals surface area contributed by atoms with Gasteiger partial charge in [-0.2, -0.15) is 18.3 Å². The van der Waals surface area contributed by atoms with Crippen LogP contribution in [0.4, 0.5) is 13.2 Å². The Morgan fingerprint density at radius 1 is 1.19 bits per heavy atom. The van der Waals surface area contributed by atoms with Crippen LogP contribution in [0.1, 0.15) is 57.8 Å². The molecule has 1 aliphatic carbocycles.